The van der Waals surface area contributed by atoms with Gasteiger partial charge in [0.1, 0.15) is 5.75 Å². The zero-order valence-corrected chi connectivity index (χ0v) is 15.3. The minimum atomic E-state index is -3.31. The third-order valence-electron chi connectivity index (χ3n) is 4.12. The summed E-state index contributed by atoms with van der Waals surface area (Å²) in [6.07, 6.45) is 1.11. The van der Waals surface area contributed by atoms with Gasteiger partial charge < -0.3 is 10.4 Å². The first-order chi connectivity index (χ1) is 12.9. The number of fused-ring (bicyclic) bond motifs is 2. The number of benzene rings is 3. The Morgan fingerprint density at radius 1 is 0.852 bits per heavy atom. The summed E-state index contributed by atoms with van der Waals surface area (Å²) < 4.78 is 25.1. The number of phenolic OH excluding ortho intramolecular Hbond substituents is 1. The van der Waals surface area contributed by atoms with Gasteiger partial charge in [0.2, 0.25) is 10.0 Å². The molecule has 4 rings (SSSR count). The fraction of sp³-hybridized carbons (Fsp3) is 0.0500. The van der Waals surface area contributed by atoms with Crippen molar-refractivity contribution in [1.82, 2.24) is 4.98 Å². The standard InChI is InChI=1S/C20H17N3O3S/c1-27(25,26)23-14-8-6-13(7-9-14)21-20-16-4-2-3-5-18(16)22-19-12-15(24)10-11-17(19)20/h2-12,23-24H,1H3,(H,21,22). The maximum Gasteiger partial charge on any atom is 0.229 e. The summed E-state index contributed by atoms with van der Waals surface area (Å²) in [6, 6.07) is 19.8. The fourth-order valence-corrected chi connectivity index (χ4v) is 3.56. The molecule has 0 aliphatic carbocycles. The number of sulfonamides is 1. The molecule has 1 aromatic heterocycles. The molecular formula is C20H17N3O3S. The quantitative estimate of drug-likeness (QED) is 0.462. The Morgan fingerprint density at radius 3 is 2.26 bits per heavy atom. The molecule has 0 saturated carbocycles. The van der Waals surface area contributed by atoms with Gasteiger partial charge in [-0.25, -0.2) is 13.4 Å². The topological polar surface area (TPSA) is 91.3 Å². The van der Waals surface area contributed by atoms with Crippen molar-refractivity contribution in [2.75, 3.05) is 16.3 Å². The molecule has 6 nitrogen and oxygen atoms in total. The van der Waals surface area contributed by atoms with E-state index in [0.29, 0.717) is 11.2 Å². The Kier molecular flexibility index (Phi) is 4.08. The van der Waals surface area contributed by atoms with Crippen LogP contribution in [0, 0.1) is 0 Å². The van der Waals surface area contributed by atoms with Crippen molar-refractivity contribution in [1.29, 1.82) is 0 Å². The van der Waals surface area contributed by atoms with Crippen LogP contribution in [0.3, 0.4) is 0 Å². The van der Waals surface area contributed by atoms with Crippen LogP contribution in [0.2, 0.25) is 0 Å². The molecular weight excluding hydrogens is 362 g/mol. The van der Waals surface area contributed by atoms with E-state index in [-0.39, 0.29) is 5.75 Å². The molecule has 0 amide bonds. The lowest BCUT2D eigenvalue weighted by Crippen LogP contribution is -2.09. The Bertz CT molecular complexity index is 1250. The van der Waals surface area contributed by atoms with Gasteiger partial charge in [-0.3, -0.25) is 4.72 Å². The molecule has 0 unspecified atom stereocenters. The number of para-hydroxylation sites is 1. The highest BCUT2D eigenvalue weighted by Crippen LogP contribution is 2.34. The van der Waals surface area contributed by atoms with Gasteiger partial charge in [-0.05, 0) is 42.5 Å². The summed E-state index contributed by atoms with van der Waals surface area (Å²) in [7, 11) is -3.31. The monoisotopic (exact) mass is 379 g/mol. The maximum atomic E-state index is 11.3. The van der Waals surface area contributed by atoms with Crippen molar-refractivity contribution < 1.29 is 13.5 Å². The number of aromatic nitrogens is 1. The molecule has 1 heterocycles. The number of hydrogen-bond acceptors (Lipinski definition) is 5. The van der Waals surface area contributed by atoms with Crippen molar-refractivity contribution in [3.8, 4) is 5.75 Å². The lowest BCUT2D eigenvalue weighted by atomic mass is 10.1. The van der Waals surface area contributed by atoms with Crippen molar-refractivity contribution in [2.45, 2.75) is 0 Å². The van der Waals surface area contributed by atoms with E-state index in [0.717, 1.165) is 33.9 Å². The van der Waals surface area contributed by atoms with Gasteiger partial charge in [0.25, 0.3) is 0 Å². The van der Waals surface area contributed by atoms with E-state index < -0.39 is 10.0 Å². The fourth-order valence-electron chi connectivity index (χ4n) is 3.00. The molecule has 0 spiro atoms. The molecule has 0 radical (unpaired) electrons. The van der Waals surface area contributed by atoms with Gasteiger partial charge in [-0.1, -0.05) is 18.2 Å². The number of nitrogens with zero attached hydrogens (tertiary/aromatic N) is 1. The Hall–Kier alpha value is -3.32. The number of nitrogens with one attached hydrogen (secondary N) is 2. The lowest BCUT2D eigenvalue weighted by Gasteiger charge is -2.14. The number of pyridine rings is 1. The van der Waals surface area contributed by atoms with E-state index in [4.69, 9.17) is 0 Å². The second kappa shape index (κ2) is 6.44. The van der Waals surface area contributed by atoms with Crippen LogP contribution in [0.4, 0.5) is 17.1 Å². The highest BCUT2D eigenvalue weighted by molar-refractivity contribution is 7.92. The molecule has 0 aliphatic heterocycles. The normalized spacial score (nSPS) is 11.6. The van der Waals surface area contributed by atoms with Crippen molar-refractivity contribution in [3.05, 3.63) is 66.7 Å². The van der Waals surface area contributed by atoms with Crippen molar-refractivity contribution >= 4 is 48.9 Å². The number of anilines is 3. The third-order valence-corrected chi connectivity index (χ3v) is 4.73. The number of phenols is 1. The van der Waals surface area contributed by atoms with E-state index in [1.54, 1.807) is 36.4 Å². The summed E-state index contributed by atoms with van der Waals surface area (Å²) in [6.45, 7) is 0. The van der Waals surface area contributed by atoms with Gasteiger partial charge in [0.15, 0.2) is 0 Å². The van der Waals surface area contributed by atoms with Crippen LogP contribution >= 0.6 is 0 Å². The van der Waals surface area contributed by atoms with Gasteiger partial charge in [0, 0.05) is 28.2 Å². The molecule has 0 fully saturated rings. The summed E-state index contributed by atoms with van der Waals surface area (Å²) in [5.74, 6) is 0.160. The van der Waals surface area contributed by atoms with Crippen molar-refractivity contribution in [3.63, 3.8) is 0 Å². The molecule has 7 heteroatoms. The third kappa shape index (κ3) is 3.63. The highest BCUT2D eigenvalue weighted by Gasteiger charge is 2.10. The number of aromatic hydroxyl groups is 1. The maximum absolute atomic E-state index is 11.3. The first-order valence-corrected chi connectivity index (χ1v) is 10.1. The largest absolute Gasteiger partial charge is 0.508 e. The number of rotatable bonds is 4. The van der Waals surface area contributed by atoms with Crippen LogP contribution < -0.4 is 10.0 Å². The summed E-state index contributed by atoms with van der Waals surface area (Å²) >= 11 is 0. The molecule has 27 heavy (non-hydrogen) atoms. The van der Waals surface area contributed by atoms with Crippen LogP contribution in [0.25, 0.3) is 21.8 Å². The molecule has 0 atom stereocenters. The zero-order valence-electron chi connectivity index (χ0n) is 14.5. The molecule has 0 bridgehead atoms. The Labute approximate surface area is 156 Å². The molecule has 3 N–H and O–H groups in total. The average Bonchev–Trinajstić information content (AvgIpc) is 2.61. The van der Waals surface area contributed by atoms with E-state index in [1.165, 1.54) is 0 Å². The second-order valence-corrected chi connectivity index (χ2v) is 8.03. The second-order valence-electron chi connectivity index (χ2n) is 6.28. The predicted molar refractivity (Wildman–Crippen MR) is 109 cm³/mol. The van der Waals surface area contributed by atoms with Gasteiger partial charge in [0.05, 0.1) is 23.0 Å². The van der Waals surface area contributed by atoms with Crippen LogP contribution in [-0.4, -0.2) is 24.8 Å². The summed E-state index contributed by atoms with van der Waals surface area (Å²) in [5.41, 5.74) is 3.68. The minimum absolute atomic E-state index is 0.160. The summed E-state index contributed by atoms with van der Waals surface area (Å²) in [5, 5.41) is 15.0. The lowest BCUT2D eigenvalue weighted by molar-refractivity contribution is 0.476. The van der Waals surface area contributed by atoms with Gasteiger partial charge >= 0.3 is 0 Å². The molecule has 0 saturated heterocycles. The smallest absolute Gasteiger partial charge is 0.229 e. The van der Waals surface area contributed by atoms with Gasteiger partial charge in [-0.15, -0.1) is 0 Å². The van der Waals surface area contributed by atoms with E-state index in [1.807, 2.05) is 30.3 Å². The van der Waals surface area contributed by atoms with Crippen LogP contribution in [0.15, 0.2) is 66.7 Å². The highest BCUT2D eigenvalue weighted by atomic mass is 32.2. The zero-order chi connectivity index (χ0) is 19.0. The van der Waals surface area contributed by atoms with Crippen molar-refractivity contribution in [2.24, 2.45) is 0 Å². The van der Waals surface area contributed by atoms with Crippen LogP contribution in [0.1, 0.15) is 0 Å². The van der Waals surface area contributed by atoms with E-state index in [2.05, 4.69) is 15.0 Å². The molecule has 0 aliphatic rings. The van der Waals surface area contributed by atoms with E-state index >= 15 is 0 Å². The molecule has 4 aromatic rings. The average molecular weight is 379 g/mol. The Morgan fingerprint density at radius 2 is 1.52 bits per heavy atom. The number of hydrogen-bond donors (Lipinski definition) is 3. The summed E-state index contributed by atoms with van der Waals surface area (Å²) in [4.78, 5) is 4.62. The van der Waals surface area contributed by atoms with E-state index in [9.17, 15) is 13.5 Å². The first kappa shape index (κ1) is 17.1. The van der Waals surface area contributed by atoms with Crippen LogP contribution in [0.5, 0.6) is 5.75 Å². The Balaban J connectivity index is 1.80. The predicted octanol–water partition coefficient (Wildman–Crippen LogP) is 4.21. The SMILES string of the molecule is CS(=O)(=O)Nc1ccc(Nc2c3ccccc3nc3cc(O)ccc23)cc1. The first-order valence-electron chi connectivity index (χ1n) is 8.25. The molecule has 3 aromatic carbocycles. The minimum Gasteiger partial charge on any atom is -0.508 e. The molecule has 136 valence electrons. The van der Waals surface area contributed by atoms with Gasteiger partial charge in [-0.2, -0.15) is 0 Å². The van der Waals surface area contributed by atoms with Crippen LogP contribution in [-0.2, 0) is 10.0 Å².